The predicted molar refractivity (Wildman–Crippen MR) is 71.1 cm³/mol. The van der Waals surface area contributed by atoms with E-state index < -0.39 is 5.97 Å². The van der Waals surface area contributed by atoms with Crippen molar-refractivity contribution < 1.29 is 14.3 Å². The van der Waals surface area contributed by atoms with Crippen LogP contribution >= 0.6 is 11.8 Å². The molecule has 2 aromatic rings. The van der Waals surface area contributed by atoms with Gasteiger partial charge < -0.3 is 9.52 Å². The Hall–Kier alpha value is -1.68. The molecule has 94 valence electrons. The third-order valence-electron chi connectivity index (χ3n) is 2.64. The van der Waals surface area contributed by atoms with E-state index in [4.69, 9.17) is 9.52 Å². The summed E-state index contributed by atoms with van der Waals surface area (Å²) in [6.07, 6.45) is 0. The van der Waals surface area contributed by atoms with E-state index in [2.05, 4.69) is 19.1 Å². The third-order valence-corrected chi connectivity index (χ3v) is 3.93. The monoisotopic (exact) mass is 262 g/mol. The molecule has 1 atom stereocenters. The van der Waals surface area contributed by atoms with Crippen molar-refractivity contribution in [1.82, 2.24) is 0 Å². The lowest BCUT2D eigenvalue weighted by Crippen LogP contribution is -1.92. The molecule has 0 aliphatic carbocycles. The van der Waals surface area contributed by atoms with Crippen molar-refractivity contribution in [3.8, 4) is 0 Å². The van der Waals surface area contributed by atoms with E-state index in [1.165, 1.54) is 16.5 Å². The number of hydrogen-bond donors (Lipinski definition) is 1. The summed E-state index contributed by atoms with van der Waals surface area (Å²) in [7, 11) is 0. The van der Waals surface area contributed by atoms with Crippen molar-refractivity contribution >= 4 is 17.7 Å². The first-order valence-corrected chi connectivity index (χ1v) is 6.51. The number of thioether (sulfide) groups is 1. The van der Waals surface area contributed by atoms with E-state index in [1.807, 2.05) is 19.1 Å². The Balaban J connectivity index is 2.14. The molecule has 1 N–H and O–H groups in total. The van der Waals surface area contributed by atoms with Gasteiger partial charge in [-0.05, 0) is 37.6 Å². The van der Waals surface area contributed by atoms with Crippen LogP contribution in [0, 0.1) is 6.92 Å². The lowest BCUT2D eigenvalue weighted by Gasteiger charge is -2.10. The first-order chi connectivity index (χ1) is 8.58. The van der Waals surface area contributed by atoms with Gasteiger partial charge in [-0.25, -0.2) is 4.79 Å². The molecule has 0 bridgehead atoms. The Morgan fingerprint density at radius 2 is 2.00 bits per heavy atom. The maximum absolute atomic E-state index is 10.7. The fraction of sp³-hybridized carbons (Fsp3) is 0.214. The molecule has 3 nitrogen and oxygen atoms in total. The second kappa shape index (κ2) is 5.31. The first kappa shape index (κ1) is 12.8. The number of benzene rings is 1. The van der Waals surface area contributed by atoms with Gasteiger partial charge in [0.2, 0.25) is 5.76 Å². The standard InChI is InChI=1S/C14H14O3S/c1-9-5-3-4-6-13(9)18-10(2)11-7-8-12(17-11)14(15)16/h3-8,10H,1-2H3,(H,15,16). The summed E-state index contributed by atoms with van der Waals surface area (Å²) in [6.45, 7) is 4.06. The minimum Gasteiger partial charge on any atom is -0.475 e. The highest BCUT2D eigenvalue weighted by Gasteiger charge is 2.15. The van der Waals surface area contributed by atoms with Crippen molar-refractivity contribution in [3.05, 3.63) is 53.5 Å². The van der Waals surface area contributed by atoms with Crippen LogP contribution in [-0.4, -0.2) is 11.1 Å². The largest absolute Gasteiger partial charge is 0.475 e. The summed E-state index contributed by atoms with van der Waals surface area (Å²) >= 11 is 1.66. The van der Waals surface area contributed by atoms with Crippen LogP contribution in [0.2, 0.25) is 0 Å². The van der Waals surface area contributed by atoms with Crippen LogP contribution in [-0.2, 0) is 0 Å². The van der Waals surface area contributed by atoms with E-state index in [1.54, 1.807) is 17.8 Å². The molecule has 1 aromatic heterocycles. The molecular weight excluding hydrogens is 248 g/mol. The summed E-state index contributed by atoms with van der Waals surface area (Å²) < 4.78 is 5.30. The molecule has 0 spiro atoms. The summed E-state index contributed by atoms with van der Waals surface area (Å²) in [6, 6.07) is 11.3. The predicted octanol–water partition coefficient (Wildman–Crippen LogP) is 4.14. The van der Waals surface area contributed by atoms with Crippen molar-refractivity contribution in [1.29, 1.82) is 0 Å². The van der Waals surface area contributed by atoms with Gasteiger partial charge in [-0.15, -0.1) is 11.8 Å². The molecule has 1 heterocycles. The molecule has 18 heavy (non-hydrogen) atoms. The number of hydrogen-bond acceptors (Lipinski definition) is 3. The van der Waals surface area contributed by atoms with Crippen molar-refractivity contribution in [3.63, 3.8) is 0 Å². The Morgan fingerprint density at radius 1 is 1.28 bits per heavy atom. The minimum atomic E-state index is -1.03. The van der Waals surface area contributed by atoms with Crippen LogP contribution in [0.15, 0.2) is 45.7 Å². The van der Waals surface area contributed by atoms with Crippen molar-refractivity contribution in [2.45, 2.75) is 24.0 Å². The number of furan rings is 1. The lowest BCUT2D eigenvalue weighted by molar-refractivity contribution is 0.0660. The molecule has 0 saturated carbocycles. The van der Waals surface area contributed by atoms with E-state index >= 15 is 0 Å². The SMILES string of the molecule is Cc1ccccc1SC(C)c1ccc(C(=O)O)o1. The Labute approximate surface area is 110 Å². The zero-order valence-electron chi connectivity index (χ0n) is 10.2. The molecular formula is C14H14O3S. The summed E-state index contributed by atoms with van der Waals surface area (Å²) in [5, 5.41) is 8.90. The van der Waals surface area contributed by atoms with Gasteiger partial charge >= 0.3 is 5.97 Å². The first-order valence-electron chi connectivity index (χ1n) is 5.63. The Morgan fingerprint density at radius 3 is 2.61 bits per heavy atom. The molecule has 0 fully saturated rings. The summed E-state index contributed by atoms with van der Waals surface area (Å²) in [5.74, 6) is -0.364. The maximum Gasteiger partial charge on any atom is 0.371 e. The number of carboxylic acids is 1. The van der Waals surface area contributed by atoms with Gasteiger partial charge in [0.25, 0.3) is 0 Å². The van der Waals surface area contributed by atoms with Crippen LogP contribution in [0.1, 0.15) is 34.1 Å². The maximum atomic E-state index is 10.7. The highest BCUT2D eigenvalue weighted by atomic mass is 32.2. The van der Waals surface area contributed by atoms with Crippen molar-refractivity contribution in [2.24, 2.45) is 0 Å². The molecule has 4 heteroatoms. The van der Waals surface area contributed by atoms with Crippen molar-refractivity contribution in [2.75, 3.05) is 0 Å². The van der Waals surface area contributed by atoms with Crippen LogP contribution in [0.25, 0.3) is 0 Å². The van der Waals surface area contributed by atoms with E-state index in [0.29, 0.717) is 5.76 Å². The van der Waals surface area contributed by atoms with Gasteiger partial charge in [-0.3, -0.25) is 0 Å². The van der Waals surface area contributed by atoms with E-state index in [-0.39, 0.29) is 11.0 Å². The lowest BCUT2D eigenvalue weighted by atomic mass is 10.2. The quantitative estimate of drug-likeness (QED) is 0.841. The molecule has 0 amide bonds. The van der Waals surface area contributed by atoms with Crippen LogP contribution in [0.3, 0.4) is 0 Å². The molecule has 1 aromatic carbocycles. The Bertz CT molecular complexity index is 560. The highest BCUT2D eigenvalue weighted by Crippen LogP contribution is 2.36. The number of carbonyl (C=O) groups is 1. The van der Waals surface area contributed by atoms with Crippen LogP contribution in [0.5, 0.6) is 0 Å². The summed E-state index contributed by atoms with van der Waals surface area (Å²) in [5.41, 5.74) is 1.21. The zero-order valence-corrected chi connectivity index (χ0v) is 11.0. The van der Waals surface area contributed by atoms with Gasteiger partial charge in [-0.2, -0.15) is 0 Å². The fourth-order valence-corrected chi connectivity index (χ4v) is 2.66. The molecule has 2 rings (SSSR count). The van der Waals surface area contributed by atoms with Gasteiger partial charge in [0, 0.05) is 4.90 Å². The molecule has 1 unspecified atom stereocenters. The second-order valence-corrected chi connectivity index (χ2v) is 5.42. The molecule has 0 radical (unpaired) electrons. The number of aryl methyl sites for hydroxylation is 1. The second-order valence-electron chi connectivity index (χ2n) is 4.03. The third kappa shape index (κ3) is 2.76. The van der Waals surface area contributed by atoms with Crippen LogP contribution < -0.4 is 0 Å². The van der Waals surface area contributed by atoms with Gasteiger partial charge in [0.15, 0.2) is 0 Å². The zero-order chi connectivity index (χ0) is 13.1. The van der Waals surface area contributed by atoms with Gasteiger partial charge in [0.05, 0.1) is 5.25 Å². The smallest absolute Gasteiger partial charge is 0.371 e. The number of aromatic carboxylic acids is 1. The normalized spacial score (nSPS) is 12.3. The molecule has 0 aliphatic rings. The fourth-order valence-electron chi connectivity index (χ4n) is 1.62. The van der Waals surface area contributed by atoms with Crippen LogP contribution in [0.4, 0.5) is 0 Å². The van der Waals surface area contributed by atoms with E-state index in [0.717, 1.165) is 0 Å². The number of rotatable bonds is 4. The van der Waals surface area contributed by atoms with Gasteiger partial charge in [0.1, 0.15) is 5.76 Å². The highest BCUT2D eigenvalue weighted by molar-refractivity contribution is 7.99. The molecule has 0 saturated heterocycles. The topological polar surface area (TPSA) is 50.4 Å². The molecule has 0 aliphatic heterocycles. The minimum absolute atomic E-state index is 0.0118. The van der Waals surface area contributed by atoms with E-state index in [9.17, 15) is 4.79 Å². The summed E-state index contributed by atoms with van der Waals surface area (Å²) in [4.78, 5) is 11.9. The average Bonchev–Trinajstić information content (AvgIpc) is 2.81. The Kier molecular flexibility index (Phi) is 3.77. The van der Waals surface area contributed by atoms with Gasteiger partial charge in [-0.1, -0.05) is 18.2 Å². The average molecular weight is 262 g/mol. The number of carboxylic acid groups (broad SMARTS) is 1.